The number of carbonyl (C=O) groups is 2. The minimum Gasteiger partial charge on any atom is -0.448 e. The highest BCUT2D eigenvalue weighted by atomic mass is 32.2. The van der Waals surface area contributed by atoms with Gasteiger partial charge in [0.1, 0.15) is 0 Å². The largest absolute Gasteiger partial charge is 0.448 e. The summed E-state index contributed by atoms with van der Waals surface area (Å²) in [5, 5.41) is 2.76. The zero-order chi connectivity index (χ0) is 17.8. The maximum Gasteiger partial charge on any atom is 0.313 e. The molecule has 0 unspecified atom stereocenters. The molecule has 1 heterocycles. The summed E-state index contributed by atoms with van der Waals surface area (Å²) in [6, 6.07) is 6.18. The second-order valence-corrected chi connectivity index (χ2v) is 8.09. The number of hydrogen-bond acceptors (Lipinski definition) is 4. The SMILES string of the molecule is CC1(C)[C@@]2(C(=O)Nc3ccc(SC(F)F)cc3)CC[C@]1(C)C(=O)O2. The predicted molar refractivity (Wildman–Crippen MR) is 86.9 cm³/mol. The Bertz CT molecular complexity index is 692. The van der Waals surface area contributed by atoms with Gasteiger partial charge in [0.05, 0.1) is 5.41 Å². The lowest BCUT2D eigenvalue weighted by molar-refractivity contribution is -0.165. The Kier molecular flexibility index (Phi) is 3.90. The summed E-state index contributed by atoms with van der Waals surface area (Å²) < 4.78 is 30.2. The van der Waals surface area contributed by atoms with Crippen molar-refractivity contribution < 1.29 is 23.1 Å². The molecule has 2 bridgehead atoms. The zero-order valence-corrected chi connectivity index (χ0v) is 14.5. The third-order valence-corrected chi connectivity index (χ3v) is 6.51. The number of ether oxygens (including phenoxy) is 1. The summed E-state index contributed by atoms with van der Waals surface area (Å²) >= 11 is 0.446. The van der Waals surface area contributed by atoms with Crippen molar-refractivity contribution in [3.63, 3.8) is 0 Å². The molecule has 1 aromatic carbocycles. The summed E-state index contributed by atoms with van der Waals surface area (Å²) in [7, 11) is 0. The van der Waals surface area contributed by atoms with E-state index in [-0.39, 0.29) is 11.9 Å². The maximum absolute atomic E-state index is 12.8. The normalized spacial score (nSPS) is 30.5. The summed E-state index contributed by atoms with van der Waals surface area (Å²) in [4.78, 5) is 25.5. The van der Waals surface area contributed by atoms with Gasteiger partial charge in [-0.1, -0.05) is 25.6 Å². The third kappa shape index (κ3) is 2.24. The topological polar surface area (TPSA) is 55.4 Å². The number of amides is 1. The molecular weight excluding hydrogens is 336 g/mol. The van der Waals surface area contributed by atoms with Gasteiger partial charge >= 0.3 is 5.97 Å². The molecule has 1 aliphatic heterocycles. The fourth-order valence-electron chi connectivity index (χ4n) is 3.70. The van der Waals surface area contributed by atoms with Crippen LogP contribution in [0.2, 0.25) is 0 Å². The highest BCUT2D eigenvalue weighted by Gasteiger charge is 2.75. The van der Waals surface area contributed by atoms with E-state index in [9.17, 15) is 18.4 Å². The van der Waals surface area contributed by atoms with Gasteiger partial charge in [0.25, 0.3) is 11.7 Å². The van der Waals surface area contributed by atoms with Crippen molar-refractivity contribution >= 4 is 29.3 Å². The number of carbonyl (C=O) groups excluding carboxylic acids is 2. The quantitative estimate of drug-likeness (QED) is 0.654. The fourth-order valence-corrected chi connectivity index (χ4v) is 4.20. The fraction of sp³-hybridized carbons (Fsp3) is 0.529. The van der Waals surface area contributed by atoms with Crippen LogP contribution in [-0.4, -0.2) is 23.2 Å². The molecular formula is C17H19F2NO3S. The van der Waals surface area contributed by atoms with E-state index in [0.29, 0.717) is 35.2 Å². The Morgan fingerprint density at radius 1 is 1.21 bits per heavy atom. The number of anilines is 1. The number of hydrogen-bond donors (Lipinski definition) is 1. The van der Waals surface area contributed by atoms with Crippen LogP contribution in [0.4, 0.5) is 14.5 Å². The van der Waals surface area contributed by atoms with Crippen LogP contribution in [0.1, 0.15) is 33.6 Å². The van der Waals surface area contributed by atoms with Crippen molar-refractivity contribution in [2.24, 2.45) is 10.8 Å². The van der Waals surface area contributed by atoms with Crippen molar-refractivity contribution in [3.05, 3.63) is 24.3 Å². The molecule has 0 radical (unpaired) electrons. The molecule has 1 saturated carbocycles. The molecule has 0 spiro atoms. The number of benzene rings is 1. The summed E-state index contributed by atoms with van der Waals surface area (Å²) in [6.45, 7) is 5.60. The van der Waals surface area contributed by atoms with Gasteiger partial charge in [-0.2, -0.15) is 8.78 Å². The average molecular weight is 355 g/mol. The average Bonchev–Trinajstić information content (AvgIpc) is 2.79. The number of fused-ring (bicyclic) bond motifs is 2. The lowest BCUT2D eigenvalue weighted by Gasteiger charge is -2.35. The number of nitrogens with one attached hydrogen (secondary N) is 1. The minimum atomic E-state index is -2.49. The van der Waals surface area contributed by atoms with Gasteiger partial charge in [-0.25, -0.2) is 0 Å². The molecule has 1 amide bonds. The molecule has 2 aliphatic rings. The van der Waals surface area contributed by atoms with Gasteiger partial charge in [-0.05, 0) is 44.0 Å². The number of thioether (sulfide) groups is 1. The van der Waals surface area contributed by atoms with E-state index >= 15 is 0 Å². The van der Waals surface area contributed by atoms with Gasteiger partial charge in [0.15, 0.2) is 5.60 Å². The lowest BCUT2D eigenvalue weighted by Crippen LogP contribution is -2.50. The van der Waals surface area contributed by atoms with E-state index in [0.717, 1.165) is 0 Å². The lowest BCUT2D eigenvalue weighted by atomic mass is 9.66. The van der Waals surface area contributed by atoms with Crippen molar-refractivity contribution in [1.82, 2.24) is 0 Å². The third-order valence-electron chi connectivity index (χ3n) is 5.79. The van der Waals surface area contributed by atoms with Gasteiger partial charge < -0.3 is 10.1 Å². The zero-order valence-electron chi connectivity index (χ0n) is 13.7. The van der Waals surface area contributed by atoms with Crippen LogP contribution in [0.15, 0.2) is 29.2 Å². The van der Waals surface area contributed by atoms with E-state index in [1.165, 1.54) is 12.1 Å². The Morgan fingerprint density at radius 2 is 1.83 bits per heavy atom. The van der Waals surface area contributed by atoms with E-state index in [4.69, 9.17) is 4.74 Å². The Labute approximate surface area is 143 Å². The second-order valence-electron chi connectivity index (χ2n) is 7.03. The summed E-state index contributed by atoms with van der Waals surface area (Å²) in [6.07, 6.45) is 1.09. The molecule has 1 N–H and O–H groups in total. The monoisotopic (exact) mass is 355 g/mol. The first-order chi connectivity index (χ1) is 11.1. The first-order valence-corrected chi connectivity index (χ1v) is 8.60. The van der Waals surface area contributed by atoms with Gasteiger partial charge in [0.2, 0.25) is 0 Å². The molecule has 1 saturated heterocycles. The van der Waals surface area contributed by atoms with Crippen LogP contribution < -0.4 is 5.32 Å². The van der Waals surface area contributed by atoms with Crippen molar-refractivity contribution in [2.45, 2.75) is 49.9 Å². The van der Waals surface area contributed by atoms with Crippen LogP contribution >= 0.6 is 11.8 Å². The van der Waals surface area contributed by atoms with Crippen molar-refractivity contribution in [1.29, 1.82) is 0 Å². The first-order valence-electron chi connectivity index (χ1n) is 7.72. The molecule has 130 valence electrons. The second kappa shape index (κ2) is 5.44. The molecule has 4 nitrogen and oxygen atoms in total. The van der Waals surface area contributed by atoms with Crippen LogP contribution in [-0.2, 0) is 14.3 Å². The van der Waals surface area contributed by atoms with Crippen LogP contribution in [0.25, 0.3) is 0 Å². The van der Waals surface area contributed by atoms with E-state index in [1.54, 1.807) is 12.1 Å². The number of halogens is 2. The highest BCUT2D eigenvalue weighted by molar-refractivity contribution is 7.99. The maximum atomic E-state index is 12.8. The Balaban J connectivity index is 1.79. The number of esters is 1. The molecule has 3 rings (SSSR count). The van der Waals surface area contributed by atoms with Crippen LogP contribution in [0.3, 0.4) is 0 Å². The smallest absolute Gasteiger partial charge is 0.313 e. The first kappa shape index (κ1) is 17.2. The highest BCUT2D eigenvalue weighted by Crippen LogP contribution is 2.65. The van der Waals surface area contributed by atoms with E-state index < -0.39 is 22.2 Å². The molecule has 0 aromatic heterocycles. The van der Waals surface area contributed by atoms with Gasteiger partial charge in [0, 0.05) is 16.0 Å². The predicted octanol–water partition coefficient (Wildman–Crippen LogP) is 4.06. The molecule has 1 aromatic rings. The minimum absolute atomic E-state index is 0.336. The van der Waals surface area contributed by atoms with Gasteiger partial charge in [-0.15, -0.1) is 0 Å². The molecule has 1 aliphatic carbocycles. The standard InChI is InChI=1S/C17H19F2NO3S/c1-15(2)16(3)8-9-17(15,23-13(16)22)12(21)20-10-4-6-11(7-5-10)24-14(18)19/h4-7,14H,8-9H2,1-3H3,(H,20,21)/t16-,17+/m1/s1. The van der Waals surface area contributed by atoms with E-state index in [2.05, 4.69) is 5.32 Å². The van der Waals surface area contributed by atoms with Crippen LogP contribution in [0.5, 0.6) is 0 Å². The van der Waals surface area contributed by atoms with E-state index in [1.807, 2.05) is 20.8 Å². The number of rotatable bonds is 4. The van der Waals surface area contributed by atoms with Gasteiger partial charge in [-0.3, -0.25) is 9.59 Å². The molecule has 24 heavy (non-hydrogen) atoms. The summed E-state index contributed by atoms with van der Waals surface area (Å²) in [5.74, 6) is -3.19. The molecule has 2 fully saturated rings. The van der Waals surface area contributed by atoms with Crippen molar-refractivity contribution in [3.8, 4) is 0 Å². The Morgan fingerprint density at radius 3 is 2.29 bits per heavy atom. The number of alkyl halides is 2. The van der Waals surface area contributed by atoms with Crippen LogP contribution in [0, 0.1) is 10.8 Å². The summed E-state index contributed by atoms with van der Waals surface area (Å²) in [5.41, 5.74) is -1.98. The molecule has 7 heteroatoms. The Hall–Kier alpha value is -1.63. The van der Waals surface area contributed by atoms with Crippen molar-refractivity contribution in [2.75, 3.05) is 5.32 Å². The molecule has 2 atom stereocenters.